The Kier molecular flexibility index (Phi) is 5.19. The molecule has 0 amide bonds. The first-order valence-corrected chi connectivity index (χ1v) is 7.74. The van der Waals surface area contributed by atoms with Crippen LogP contribution in [-0.2, 0) is 6.54 Å². The van der Waals surface area contributed by atoms with Crippen LogP contribution in [0.1, 0.15) is 19.4 Å². The summed E-state index contributed by atoms with van der Waals surface area (Å²) in [7, 11) is 1.69. The van der Waals surface area contributed by atoms with Crippen LogP contribution < -0.4 is 10.5 Å². The average molecular weight is 307 g/mol. The van der Waals surface area contributed by atoms with Gasteiger partial charge in [0.05, 0.1) is 17.6 Å². The minimum atomic E-state index is -0.193. The molecule has 21 heavy (non-hydrogen) atoms. The van der Waals surface area contributed by atoms with Crippen LogP contribution in [0.3, 0.4) is 0 Å². The normalized spacial score (nSPS) is 17.7. The first-order chi connectivity index (χ1) is 9.93. The Morgan fingerprint density at radius 2 is 1.76 bits per heavy atom. The summed E-state index contributed by atoms with van der Waals surface area (Å²) < 4.78 is 5.19. The molecule has 1 saturated heterocycles. The van der Waals surface area contributed by atoms with E-state index in [2.05, 4.69) is 35.8 Å². The third-order valence-electron chi connectivity index (χ3n) is 4.33. The summed E-state index contributed by atoms with van der Waals surface area (Å²) in [5.74, 6) is 0.904. The smallest absolute Gasteiger partial charge is 0.118 e. The average Bonchev–Trinajstić information content (AvgIpc) is 2.48. The van der Waals surface area contributed by atoms with Crippen LogP contribution in [0.15, 0.2) is 24.3 Å². The van der Waals surface area contributed by atoms with Crippen molar-refractivity contribution in [3.05, 3.63) is 29.8 Å². The summed E-state index contributed by atoms with van der Waals surface area (Å²) in [4.78, 5) is 5.42. The first-order valence-electron chi connectivity index (χ1n) is 7.33. The fraction of sp³-hybridized carbons (Fsp3) is 0.562. The lowest BCUT2D eigenvalue weighted by atomic mass is 10.0. The number of hydrogen-bond donors (Lipinski definition) is 1. The van der Waals surface area contributed by atoms with E-state index in [-0.39, 0.29) is 5.54 Å². The summed E-state index contributed by atoms with van der Waals surface area (Å²) in [6.45, 7) is 9.27. The highest BCUT2D eigenvalue weighted by Gasteiger charge is 2.32. The molecule has 0 spiro atoms. The molecular formula is C16H25N3OS. The topological polar surface area (TPSA) is 41.7 Å². The quantitative estimate of drug-likeness (QED) is 0.841. The number of hydrogen-bond acceptors (Lipinski definition) is 4. The first kappa shape index (κ1) is 16.2. The van der Waals surface area contributed by atoms with E-state index in [0.29, 0.717) is 4.99 Å². The second-order valence-corrected chi connectivity index (χ2v) is 6.47. The number of nitrogens with two attached hydrogens (primary N) is 1. The zero-order valence-electron chi connectivity index (χ0n) is 13.1. The molecule has 2 rings (SSSR count). The van der Waals surface area contributed by atoms with Crippen LogP contribution >= 0.6 is 12.2 Å². The van der Waals surface area contributed by atoms with Crippen molar-refractivity contribution in [2.75, 3.05) is 33.3 Å². The summed E-state index contributed by atoms with van der Waals surface area (Å²) in [6, 6.07) is 8.29. The molecule has 1 heterocycles. The lowest BCUT2D eigenvalue weighted by Gasteiger charge is -2.43. The number of benzene rings is 1. The molecule has 0 radical (unpaired) electrons. The second-order valence-electron chi connectivity index (χ2n) is 6.03. The molecule has 1 fully saturated rings. The van der Waals surface area contributed by atoms with Crippen molar-refractivity contribution in [2.24, 2.45) is 5.73 Å². The Hall–Kier alpha value is -1.17. The van der Waals surface area contributed by atoms with Gasteiger partial charge in [-0.1, -0.05) is 24.4 Å². The predicted octanol–water partition coefficient (Wildman–Crippen LogP) is 1.88. The third-order valence-corrected chi connectivity index (χ3v) is 4.83. The van der Waals surface area contributed by atoms with Gasteiger partial charge in [0.2, 0.25) is 0 Å². The van der Waals surface area contributed by atoms with Gasteiger partial charge in [-0.05, 0) is 31.5 Å². The predicted molar refractivity (Wildman–Crippen MR) is 90.7 cm³/mol. The van der Waals surface area contributed by atoms with Crippen molar-refractivity contribution in [1.29, 1.82) is 0 Å². The van der Waals surface area contributed by atoms with E-state index in [9.17, 15) is 0 Å². The maximum absolute atomic E-state index is 5.85. The standard InChI is InChI=1S/C16H25N3OS/c1-16(2,15(17)21)19-10-8-18(9-11-19)12-13-4-6-14(20-3)7-5-13/h4-7H,8-12H2,1-3H3,(H2,17,21). The Morgan fingerprint density at radius 1 is 1.19 bits per heavy atom. The monoisotopic (exact) mass is 307 g/mol. The molecule has 1 aromatic rings. The van der Waals surface area contributed by atoms with E-state index in [4.69, 9.17) is 22.7 Å². The summed E-state index contributed by atoms with van der Waals surface area (Å²) in [5.41, 5.74) is 6.98. The van der Waals surface area contributed by atoms with Crippen molar-refractivity contribution in [3.63, 3.8) is 0 Å². The van der Waals surface area contributed by atoms with E-state index in [1.54, 1.807) is 7.11 Å². The van der Waals surface area contributed by atoms with Gasteiger partial charge in [-0.3, -0.25) is 9.80 Å². The maximum Gasteiger partial charge on any atom is 0.118 e. The number of ether oxygens (including phenoxy) is 1. The minimum absolute atomic E-state index is 0.193. The van der Waals surface area contributed by atoms with Crippen LogP contribution in [0.4, 0.5) is 0 Å². The lowest BCUT2D eigenvalue weighted by molar-refractivity contribution is 0.0821. The highest BCUT2D eigenvalue weighted by molar-refractivity contribution is 7.80. The molecule has 1 aromatic carbocycles. The molecule has 0 aromatic heterocycles. The third kappa shape index (κ3) is 3.93. The summed E-state index contributed by atoms with van der Waals surface area (Å²) in [6.07, 6.45) is 0. The molecule has 0 saturated carbocycles. The fourth-order valence-corrected chi connectivity index (χ4v) is 2.74. The number of thiocarbonyl (C=S) groups is 1. The maximum atomic E-state index is 5.85. The number of rotatable bonds is 5. The van der Waals surface area contributed by atoms with Crippen LogP contribution in [0, 0.1) is 0 Å². The van der Waals surface area contributed by atoms with Crippen LogP contribution in [0.25, 0.3) is 0 Å². The van der Waals surface area contributed by atoms with Gasteiger partial charge in [0, 0.05) is 32.7 Å². The van der Waals surface area contributed by atoms with Crippen molar-refractivity contribution in [3.8, 4) is 5.75 Å². The molecule has 1 aliphatic rings. The van der Waals surface area contributed by atoms with E-state index in [0.717, 1.165) is 38.5 Å². The van der Waals surface area contributed by atoms with E-state index in [1.807, 2.05) is 12.1 Å². The highest BCUT2D eigenvalue weighted by Crippen LogP contribution is 2.19. The molecule has 4 nitrogen and oxygen atoms in total. The van der Waals surface area contributed by atoms with Crippen molar-refractivity contribution in [2.45, 2.75) is 25.9 Å². The summed E-state index contributed by atoms with van der Waals surface area (Å²) in [5, 5.41) is 0. The molecule has 0 unspecified atom stereocenters. The molecule has 0 bridgehead atoms. The van der Waals surface area contributed by atoms with Crippen LogP contribution in [0.2, 0.25) is 0 Å². The Labute approximate surface area is 132 Å². The van der Waals surface area contributed by atoms with Gasteiger partial charge in [-0.25, -0.2) is 0 Å². The number of methoxy groups -OCH3 is 1. The van der Waals surface area contributed by atoms with E-state index in [1.165, 1.54) is 5.56 Å². The van der Waals surface area contributed by atoms with Gasteiger partial charge >= 0.3 is 0 Å². The van der Waals surface area contributed by atoms with Gasteiger partial charge < -0.3 is 10.5 Å². The van der Waals surface area contributed by atoms with Crippen molar-refractivity contribution in [1.82, 2.24) is 9.80 Å². The highest BCUT2D eigenvalue weighted by atomic mass is 32.1. The molecule has 0 atom stereocenters. The van der Waals surface area contributed by atoms with Gasteiger partial charge in [0.15, 0.2) is 0 Å². The van der Waals surface area contributed by atoms with Crippen molar-refractivity contribution < 1.29 is 4.74 Å². The largest absolute Gasteiger partial charge is 0.497 e. The molecule has 2 N–H and O–H groups in total. The number of nitrogens with zero attached hydrogens (tertiary/aromatic N) is 2. The van der Waals surface area contributed by atoms with Crippen molar-refractivity contribution >= 4 is 17.2 Å². The minimum Gasteiger partial charge on any atom is -0.497 e. The Morgan fingerprint density at radius 3 is 2.24 bits per heavy atom. The van der Waals surface area contributed by atoms with Gasteiger partial charge in [-0.15, -0.1) is 0 Å². The van der Waals surface area contributed by atoms with Gasteiger partial charge in [0.25, 0.3) is 0 Å². The Bertz CT molecular complexity index is 479. The Balaban J connectivity index is 1.87. The van der Waals surface area contributed by atoms with Crippen LogP contribution in [-0.4, -0.2) is 53.6 Å². The van der Waals surface area contributed by atoms with E-state index >= 15 is 0 Å². The SMILES string of the molecule is COc1ccc(CN2CCN(C(C)(C)C(N)=S)CC2)cc1. The van der Waals surface area contributed by atoms with Gasteiger partial charge in [0.1, 0.15) is 5.75 Å². The fourth-order valence-electron chi connectivity index (χ4n) is 2.61. The lowest BCUT2D eigenvalue weighted by Crippen LogP contribution is -2.59. The molecule has 0 aliphatic carbocycles. The van der Waals surface area contributed by atoms with Gasteiger partial charge in [-0.2, -0.15) is 0 Å². The molecular weight excluding hydrogens is 282 g/mol. The molecule has 5 heteroatoms. The van der Waals surface area contributed by atoms with E-state index < -0.39 is 0 Å². The number of piperazine rings is 1. The molecule has 1 aliphatic heterocycles. The zero-order valence-corrected chi connectivity index (χ0v) is 13.9. The molecule has 116 valence electrons. The second kappa shape index (κ2) is 6.73. The zero-order chi connectivity index (χ0) is 15.5. The summed E-state index contributed by atoms with van der Waals surface area (Å²) >= 11 is 5.18. The van der Waals surface area contributed by atoms with Crippen LogP contribution in [0.5, 0.6) is 5.75 Å².